The molecule has 0 aromatic heterocycles. The lowest BCUT2D eigenvalue weighted by Gasteiger charge is -2.42. The minimum absolute atomic E-state index is 0.00134. The van der Waals surface area contributed by atoms with E-state index in [1.54, 1.807) is 52.1 Å². The highest BCUT2D eigenvalue weighted by atomic mass is 16.6. The lowest BCUT2D eigenvalue weighted by molar-refractivity contribution is -0.163. The van der Waals surface area contributed by atoms with Crippen LogP contribution in [-0.2, 0) is 48.2 Å². The lowest BCUT2D eigenvalue weighted by atomic mass is 10.00. The summed E-state index contributed by atoms with van der Waals surface area (Å²) >= 11 is 0. The largest absolute Gasteiger partial charge is 0.497 e. The number of nitrogens with one attached hydrogen (secondary N) is 2. The number of rotatable bonds is 15. The molecule has 1 saturated heterocycles. The number of carbonyl (C=O) groups is 5. The van der Waals surface area contributed by atoms with Crippen LogP contribution in [0.1, 0.15) is 50.3 Å². The van der Waals surface area contributed by atoms with Crippen LogP contribution in [0, 0.1) is 0 Å². The number of piperazine rings is 1. The summed E-state index contributed by atoms with van der Waals surface area (Å²) in [6.45, 7) is 5.40. The summed E-state index contributed by atoms with van der Waals surface area (Å²) in [5.74, 6) is -0.862. The zero-order valence-corrected chi connectivity index (χ0v) is 30.2. The third-order valence-corrected chi connectivity index (χ3v) is 8.15. The molecule has 13 heteroatoms. The van der Waals surface area contributed by atoms with Crippen molar-refractivity contribution in [3.63, 3.8) is 0 Å². The van der Waals surface area contributed by atoms with Crippen molar-refractivity contribution in [1.82, 2.24) is 20.4 Å². The number of methoxy groups -OCH3 is 1. The third-order valence-electron chi connectivity index (χ3n) is 8.15. The highest BCUT2D eigenvalue weighted by Gasteiger charge is 2.41. The van der Waals surface area contributed by atoms with Crippen LogP contribution in [0.3, 0.4) is 0 Å². The van der Waals surface area contributed by atoms with Crippen LogP contribution in [0.5, 0.6) is 5.75 Å². The van der Waals surface area contributed by atoms with Crippen molar-refractivity contribution in [2.45, 2.75) is 70.9 Å². The van der Waals surface area contributed by atoms with Gasteiger partial charge in [-0.3, -0.25) is 14.4 Å². The van der Waals surface area contributed by atoms with Crippen molar-refractivity contribution in [3.05, 3.63) is 102 Å². The maximum atomic E-state index is 14.3. The van der Waals surface area contributed by atoms with Gasteiger partial charge in [-0.15, -0.1) is 0 Å². The fourth-order valence-electron chi connectivity index (χ4n) is 5.63. The topological polar surface area (TPSA) is 153 Å². The Bertz CT molecular complexity index is 1630. The number of hydrogen-bond donors (Lipinski definition) is 2. The van der Waals surface area contributed by atoms with Crippen LogP contribution in [0.2, 0.25) is 0 Å². The summed E-state index contributed by atoms with van der Waals surface area (Å²) in [5.41, 5.74) is 1.62. The molecular weight excluding hydrogens is 668 g/mol. The predicted octanol–water partition coefficient (Wildman–Crippen LogP) is 4.62. The standard InChI is InChI=1S/C39H48N4O9/c1-39(2,3)52-34(44)25-42-22-23-43(33(36(42)46)16-11-21-40-37(47)50-26-29-12-7-5-8-13-29)35(45)32(24-28-17-19-31(49-4)20-18-28)41-38(48)51-27-30-14-9-6-10-15-30/h5-10,12-15,17-20,32-33H,11,16,21-27H2,1-4H3,(H,40,47)(H,41,48)/t32-,33-/m0/s1. The predicted molar refractivity (Wildman–Crippen MR) is 192 cm³/mol. The lowest BCUT2D eigenvalue weighted by Crippen LogP contribution is -2.63. The van der Waals surface area contributed by atoms with Crippen molar-refractivity contribution in [3.8, 4) is 5.75 Å². The first-order valence-electron chi connectivity index (χ1n) is 17.3. The molecule has 52 heavy (non-hydrogen) atoms. The molecule has 13 nitrogen and oxygen atoms in total. The molecule has 3 aromatic rings. The van der Waals surface area contributed by atoms with E-state index in [0.717, 1.165) is 16.7 Å². The molecule has 2 atom stereocenters. The van der Waals surface area contributed by atoms with Crippen LogP contribution >= 0.6 is 0 Å². The van der Waals surface area contributed by atoms with Gasteiger partial charge in [0.05, 0.1) is 7.11 Å². The summed E-state index contributed by atoms with van der Waals surface area (Å²) in [6, 6.07) is 23.4. The number of esters is 1. The first-order chi connectivity index (χ1) is 24.9. The van der Waals surface area contributed by atoms with E-state index in [0.29, 0.717) is 12.2 Å². The maximum absolute atomic E-state index is 14.3. The fourth-order valence-corrected chi connectivity index (χ4v) is 5.63. The Morgan fingerprint density at radius 3 is 1.98 bits per heavy atom. The Labute approximate surface area is 304 Å². The molecule has 0 bridgehead atoms. The second kappa shape index (κ2) is 19.1. The van der Waals surface area contributed by atoms with Crippen LogP contribution in [-0.4, -0.2) is 90.7 Å². The van der Waals surface area contributed by atoms with Crippen LogP contribution in [0.15, 0.2) is 84.9 Å². The van der Waals surface area contributed by atoms with Gasteiger partial charge in [-0.05, 0) is 62.4 Å². The number of amides is 4. The summed E-state index contributed by atoms with van der Waals surface area (Å²) < 4.78 is 21.5. The van der Waals surface area contributed by atoms with E-state index in [1.165, 1.54) is 9.80 Å². The van der Waals surface area contributed by atoms with Crippen LogP contribution in [0.25, 0.3) is 0 Å². The van der Waals surface area contributed by atoms with E-state index in [1.807, 2.05) is 60.7 Å². The second-order valence-corrected chi connectivity index (χ2v) is 13.3. The Balaban J connectivity index is 1.48. The first-order valence-corrected chi connectivity index (χ1v) is 17.3. The summed E-state index contributed by atoms with van der Waals surface area (Å²) in [7, 11) is 1.55. The molecule has 4 amide bonds. The van der Waals surface area contributed by atoms with E-state index in [-0.39, 0.29) is 52.2 Å². The number of alkyl carbamates (subject to hydrolysis) is 2. The number of hydrogen-bond acceptors (Lipinski definition) is 9. The van der Waals surface area contributed by atoms with Crippen molar-refractivity contribution < 1.29 is 42.9 Å². The highest BCUT2D eigenvalue weighted by Crippen LogP contribution is 2.21. The molecule has 2 N–H and O–H groups in total. The van der Waals surface area contributed by atoms with Gasteiger partial charge in [0.1, 0.15) is 43.2 Å². The van der Waals surface area contributed by atoms with Gasteiger partial charge in [0.15, 0.2) is 0 Å². The molecular formula is C39H48N4O9. The fraction of sp³-hybridized carbons (Fsp3) is 0.410. The van der Waals surface area contributed by atoms with Gasteiger partial charge in [0, 0.05) is 26.1 Å². The number of benzene rings is 3. The van der Waals surface area contributed by atoms with E-state index in [4.69, 9.17) is 18.9 Å². The van der Waals surface area contributed by atoms with Crippen LogP contribution < -0.4 is 15.4 Å². The zero-order valence-electron chi connectivity index (χ0n) is 30.2. The third kappa shape index (κ3) is 12.6. The van der Waals surface area contributed by atoms with Gasteiger partial charge < -0.3 is 39.4 Å². The normalized spacial score (nSPS) is 14.9. The zero-order chi connectivity index (χ0) is 37.5. The van der Waals surface area contributed by atoms with Crippen molar-refractivity contribution in [2.24, 2.45) is 0 Å². The van der Waals surface area contributed by atoms with Gasteiger partial charge in [-0.25, -0.2) is 9.59 Å². The average Bonchev–Trinajstić information content (AvgIpc) is 3.13. The van der Waals surface area contributed by atoms with E-state index < -0.39 is 47.7 Å². The van der Waals surface area contributed by atoms with E-state index in [9.17, 15) is 24.0 Å². The molecule has 1 fully saturated rings. The molecule has 1 aliphatic rings. The summed E-state index contributed by atoms with van der Waals surface area (Å²) in [4.78, 5) is 69.2. The molecule has 278 valence electrons. The molecule has 0 saturated carbocycles. The minimum atomic E-state index is -1.09. The van der Waals surface area contributed by atoms with Gasteiger partial charge in [0.25, 0.3) is 0 Å². The molecule has 4 rings (SSSR count). The smallest absolute Gasteiger partial charge is 0.408 e. The van der Waals surface area contributed by atoms with Gasteiger partial charge >= 0.3 is 18.2 Å². The van der Waals surface area contributed by atoms with E-state index >= 15 is 0 Å². The monoisotopic (exact) mass is 716 g/mol. The Morgan fingerprint density at radius 1 is 0.808 bits per heavy atom. The Kier molecular flexibility index (Phi) is 14.4. The van der Waals surface area contributed by atoms with Crippen LogP contribution in [0.4, 0.5) is 9.59 Å². The SMILES string of the molecule is COc1ccc(C[C@H](NC(=O)OCc2ccccc2)C(=O)N2CCN(CC(=O)OC(C)(C)C)C(=O)[C@@H]2CCCNC(=O)OCc2ccccc2)cc1. The summed E-state index contributed by atoms with van der Waals surface area (Å²) in [5, 5.41) is 5.41. The van der Waals surface area contributed by atoms with Crippen molar-refractivity contribution >= 4 is 30.0 Å². The average molecular weight is 717 g/mol. The van der Waals surface area contributed by atoms with E-state index in [2.05, 4.69) is 10.6 Å². The van der Waals surface area contributed by atoms with Gasteiger partial charge in [-0.1, -0.05) is 72.8 Å². The highest BCUT2D eigenvalue weighted by molar-refractivity contribution is 5.93. The van der Waals surface area contributed by atoms with Gasteiger partial charge in [-0.2, -0.15) is 0 Å². The second-order valence-electron chi connectivity index (χ2n) is 13.3. The quantitative estimate of drug-likeness (QED) is 0.130. The van der Waals surface area contributed by atoms with Gasteiger partial charge in [0.2, 0.25) is 11.8 Å². The minimum Gasteiger partial charge on any atom is -0.497 e. The molecule has 0 unspecified atom stereocenters. The van der Waals surface area contributed by atoms with Crippen molar-refractivity contribution in [2.75, 3.05) is 33.3 Å². The van der Waals surface area contributed by atoms with Crippen molar-refractivity contribution in [1.29, 1.82) is 0 Å². The number of nitrogens with zero attached hydrogens (tertiary/aromatic N) is 2. The number of ether oxygens (including phenoxy) is 4. The Hall–Kier alpha value is -5.59. The molecule has 1 aliphatic heterocycles. The Morgan fingerprint density at radius 2 is 1.40 bits per heavy atom. The molecule has 0 spiro atoms. The molecule has 0 aliphatic carbocycles. The molecule has 1 heterocycles. The maximum Gasteiger partial charge on any atom is 0.408 e. The molecule has 3 aromatic carbocycles. The number of carbonyl (C=O) groups excluding carboxylic acids is 5. The summed E-state index contributed by atoms with van der Waals surface area (Å²) in [6.07, 6.45) is -0.813. The first kappa shape index (κ1) is 39.2. The molecule has 0 radical (unpaired) electrons.